The number of rotatable bonds is 1. The smallest absolute Gasteiger partial charge is 0.157 e. The van der Waals surface area contributed by atoms with Gasteiger partial charge in [-0.25, -0.2) is 0 Å². The SMILES string of the molecule is C=C1CC(C)O1.COC1CCCCO1. The van der Waals surface area contributed by atoms with E-state index in [0.29, 0.717) is 6.10 Å². The van der Waals surface area contributed by atoms with Crippen LogP contribution in [-0.2, 0) is 14.2 Å². The lowest BCUT2D eigenvalue weighted by Gasteiger charge is -2.25. The highest BCUT2D eigenvalue weighted by atomic mass is 16.7. The van der Waals surface area contributed by atoms with Gasteiger partial charge in [-0.15, -0.1) is 0 Å². The summed E-state index contributed by atoms with van der Waals surface area (Å²) in [5.74, 6) is 0.933. The average molecular weight is 200 g/mol. The third-order valence-electron chi connectivity index (χ3n) is 2.28. The van der Waals surface area contributed by atoms with E-state index >= 15 is 0 Å². The second-order valence-corrected chi connectivity index (χ2v) is 3.70. The molecule has 2 fully saturated rings. The van der Waals surface area contributed by atoms with Gasteiger partial charge in [0.1, 0.15) is 6.10 Å². The summed E-state index contributed by atoms with van der Waals surface area (Å²) in [6.07, 6.45) is 5.09. The van der Waals surface area contributed by atoms with E-state index in [2.05, 4.69) is 6.58 Å². The molecule has 0 aromatic rings. The minimum Gasteiger partial charge on any atom is -0.495 e. The van der Waals surface area contributed by atoms with E-state index in [1.165, 1.54) is 12.8 Å². The first-order valence-corrected chi connectivity index (χ1v) is 5.21. The van der Waals surface area contributed by atoms with Crippen molar-refractivity contribution >= 4 is 0 Å². The zero-order valence-electron chi connectivity index (χ0n) is 9.12. The van der Waals surface area contributed by atoms with Crippen molar-refractivity contribution < 1.29 is 14.2 Å². The monoisotopic (exact) mass is 200 g/mol. The quantitative estimate of drug-likeness (QED) is 0.650. The molecule has 2 rings (SSSR count). The summed E-state index contributed by atoms with van der Waals surface area (Å²) in [6.45, 7) is 6.50. The molecule has 0 aromatic carbocycles. The Bertz CT molecular complexity index is 165. The van der Waals surface area contributed by atoms with Gasteiger partial charge in [0.25, 0.3) is 0 Å². The standard InChI is InChI=1S/C6H12O2.C5H8O/c1-7-6-4-2-3-5-8-6;1-4-3-5(2)6-4/h6H,2-5H2,1H3;5H,1,3H2,2H3. The van der Waals surface area contributed by atoms with Gasteiger partial charge >= 0.3 is 0 Å². The van der Waals surface area contributed by atoms with Crippen LogP contribution >= 0.6 is 0 Å². The Morgan fingerprint density at radius 1 is 1.43 bits per heavy atom. The largest absolute Gasteiger partial charge is 0.495 e. The number of hydrogen-bond donors (Lipinski definition) is 0. The molecular formula is C11H20O3. The molecule has 3 nitrogen and oxygen atoms in total. The summed E-state index contributed by atoms with van der Waals surface area (Å²) >= 11 is 0. The lowest BCUT2D eigenvalue weighted by atomic mass is 10.2. The van der Waals surface area contributed by atoms with Crippen molar-refractivity contribution in [3.8, 4) is 0 Å². The van der Waals surface area contributed by atoms with Crippen molar-refractivity contribution in [3.63, 3.8) is 0 Å². The Morgan fingerprint density at radius 2 is 2.14 bits per heavy atom. The van der Waals surface area contributed by atoms with Crippen LogP contribution in [0.3, 0.4) is 0 Å². The fourth-order valence-electron chi connectivity index (χ4n) is 1.49. The third kappa shape index (κ3) is 4.11. The molecule has 0 aliphatic carbocycles. The molecule has 0 aromatic heterocycles. The fourth-order valence-corrected chi connectivity index (χ4v) is 1.49. The summed E-state index contributed by atoms with van der Waals surface area (Å²) < 4.78 is 15.1. The lowest BCUT2D eigenvalue weighted by molar-refractivity contribution is -0.145. The van der Waals surface area contributed by atoms with Gasteiger partial charge in [0.15, 0.2) is 6.29 Å². The second-order valence-electron chi connectivity index (χ2n) is 3.70. The van der Waals surface area contributed by atoms with Gasteiger partial charge in [-0.2, -0.15) is 0 Å². The molecule has 14 heavy (non-hydrogen) atoms. The lowest BCUT2D eigenvalue weighted by Crippen LogP contribution is -2.20. The molecule has 2 heterocycles. The van der Waals surface area contributed by atoms with E-state index in [1.54, 1.807) is 7.11 Å². The molecular weight excluding hydrogens is 180 g/mol. The maximum absolute atomic E-state index is 5.20. The highest BCUT2D eigenvalue weighted by Gasteiger charge is 2.15. The Hall–Kier alpha value is -0.540. The van der Waals surface area contributed by atoms with Gasteiger partial charge in [-0.1, -0.05) is 6.58 Å². The van der Waals surface area contributed by atoms with E-state index in [9.17, 15) is 0 Å². The summed E-state index contributed by atoms with van der Waals surface area (Å²) in [4.78, 5) is 0. The van der Waals surface area contributed by atoms with E-state index in [0.717, 1.165) is 25.2 Å². The first-order chi connectivity index (χ1) is 6.72. The van der Waals surface area contributed by atoms with Gasteiger partial charge in [-0.05, 0) is 26.2 Å². The summed E-state index contributed by atoms with van der Waals surface area (Å²) in [6, 6.07) is 0. The first kappa shape index (κ1) is 11.5. The van der Waals surface area contributed by atoms with Crippen LogP contribution in [-0.4, -0.2) is 26.1 Å². The number of hydrogen-bond acceptors (Lipinski definition) is 3. The molecule has 3 heteroatoms. The minimum absolute atomic E-state index is 0.0868. The summed E-state index contributed by atoms with van der Waals surface area (Å²) in [5, 5.41) is 0. The van der Waals surface area contributed by atoms with Gasteiger partial charge in [0.05, 0.1) is 5.76 Å². The van der Waals surface area contributed by atoms with Crippen molar-refractivity contribution in [2.24, 2.45) is 0 Å². The number of ether oxygens (including phenoxy) is 3. The number of methoxy groups -OCH3 is 1. The predicted molar refractivity (Wildman–Crippen MR) is 54.9 cm³/mol. The van der Waals surface area contributed by atoms with Crippen LogP contribution in [0, 0.1) is 0 Å². The van der Waals surface area contributed by atoms with Crippen molar-refractivity contribution in [2.75, 3.05) is 13.7 Å². The van der Waals surface area contributed by atoms with Gasteiger partial charge in [0, 0.05) is 20.1 Å². The summed E-state index contributed by atoms with van der Waals surface area (Å²) in [7, 11) is 1.69. The van der Waals surface area contributed by atoms with Crippen LogP contribution in [0.4, 0.5) is 0 Å². The molecule has 2 aliphatic rings. The highest BCUT2D eigenvalue weighted by molar-refractivity contribution is 4.94. The molecule has 0 bridgehead atoms. The molecule has 0 spiro atoms. The van der Waals surface area contributed by atoms with Gasteiger partial charge < -0.3 is 14.2 Å². The van der Waals surface area contributed by atoms with E-state index in [1.807, 2.05) is 6.92 Å². The summed E-state index contributed by atoms with van der Waals surface area (Å²) in [5.41, 5.74) is 0. The molecule has 2 unspecified atom stereocenters. The maximum atomic E-state index is 5.20. The molecule has 0 N–H and O–H groups in total. The Balaban J connectivity index is 0.000000146. The Kier molecular flexibility index (Phi) is 4.98. The van der Waals surface area contributed by atoms with Crippen molar-refractivity contribution in [3.05, 3.63) is 12.3 Å². The van der Waals surface area contributed by atoms with Gasteiger partial charge in [0.2, 0.25) is 0 Å². The second kappa shape index (κ2) is 6.04. The zero-order valence-corrected chi connectivity index (χ0v) is 9.12. The molecule has 0 saturated carbocycles. The van der Waals surface area contributed by atoms with Crippen molar-refractivity contribution in [1.82, 2.24) is 0 Å². The molecule has 82 valence electrons. The zero-order chi connectivity index (χ0) is 10.4. The van der Waals surface area contributed by atoms with Crippen LogP contribution < -0.4 is 0 Å². The predicted octanol–water partition coefficient (Wildman–Crippen LogP) is 2.47. The topological polar surface area (TPSA) is 27.7 Å². The van der Waals surface area contributed by atoms with E-state index < -0.39 is 0 Å². The third-order valence-corrected chi connectivity index (χ3v) is 2.28. The van der Waals surface area contributed by atoms with Crippen molar-refractivity contribution in [1.29, 1.82) is 0 Å². The normalized spacial score (nSPS) is 30.9. The first-order valence-electron chi connectivity index (χ1n) is 5.21. The van der Waals surface area contributed by atoms with Crippen LogP contribution in [0.15, 0.2) is 12.3 Å². The molecule has 2 aliphatic heterocycles. The Labute approximate surface area is 86.0 Å². The Morgan fingerprint density at radius 3 is 2.36 bits per heavy atom. The molecule has 2 saturated heterocycles. The van der Waals surface area contributed by atoms with Crippen molar-refractivity contribution in [2.45, 2.75) is 45.0 Å². The molecule has 0 radical (unpaired) electrons. The van der Waals surface area contributed by atoms with Crippen LogP contribution in [0.5, 0.6) is 0 Å². The highest BCUT2D eigenvalue weighted by Crippen LogP contribution is 2.20. The van der Waals surface area contributed by atoms with E-state index in [4.69, 9.17) is 14.2 Å². The van der Waals surface area contributed by atoms with Gasteiger partial charge in [-0.3, -0.25) is 0 Å². The molecule has 0 amide bonds. The fraction of sp³-hybridized carbons (Fsp3) is 0.818. The van der Waals surface area contributed by atoms with Crippen LogP contribution in [0.2, 0.25) is 0 Å². The molecule has 2 atom stereocenters. The van der Waals surface area contributed by atoms with E-state index in [-0.39, 0.29) is 6.29 Å². The minimum atomic E-state index is 0.0868. The van der Waals surface area contributed by atoms with Crippen LogP contribution in [0.25, 0.3) is 0 Å². The maximum Gasteiger partial charge on any atom is 0.157 e. The average Bonchev–Trinajstić information content (AvgIpc) is 2.18. The van der Waals surface area contributed by atoms with Crippen LogP contribution in [0.1, 0.15) is 32.6 Å².